The summed E-state index contributed by atoms with van der Waals surface area (Å²) in [5, 5.41) is 5.39. The van der Waals surface area contributed by atoms with Gasteiger partial charge in [-0.15, -0.1) is 0 Å². The molecule has 0 saturated carbocycles. The molecule has 2 N–H and O–H groups in total. The monoisotopic (exact) mass is 324 g/mol. The van der Waals surface area contributed by atoms with Gasteiger partial charge < -0.3 is 10.6 Å². The van der Waals surface area contributed by atoms with Crippen LogP contribution >= 0.6 is 0 Å². The van der Waals surface area contributed by atoms with Gasteiger partial charge in [-0.25, -0.2) is 0 Å². The first-order valence-corrected chi connectivity index (χ1v) is 7.76. The van der Waals surface area contributed by atoms with Crippen molar-refractivity contribution < 1.29 is 14.4 Å². The average molecular weight is 324 g/mol. The van der Waals surface area contributed by atoms with E-state index < -0.39 is 11.7 Å². The van der Waals surface area contributed by atoms with E-state index in [4.69, 9.17) is 0 Å². The molecule has 0 unspecified atom stereocenters. The van der Waals surface area contributed by atoms with Crippen molar-refractivity contribution in [2.75, 3.05) is 6.54 Å². The smallest absolute Gasteiger partial charge is 0.287 e. The summed E-state index contributed by atoms with van der Waals surface area (Å²) in [5.74, 6) is -1.27. The van der Waals surface area contributed by atoms with Crippen molar-refractivity contribution in [2.45, 2.75) is 19.9 Å². The molecule has 0 aliphatic rings. The summed E-state index contributed by atoms with van der Waals surface area (Å²) in [6.07, 6.45) is 0.780. The first-order chi connectivity index (χ1) is 11.6. The van der Waals surface area contributed by atoms with E-state index >= 15 is 0 Å². The number of nitrogens with one attached hydrogen (secondary N) is 2. The molecule has 0 spiro atoms. The van der Waals surface area contributed by atoms with Gasteiger partial charge in [-0.3, -0.25) is 14.4 Å². The maximum Gasteiger partial charge on any atom is 0.287 e. The van der Waals surface area contributed by atoms with Crippen molar-refractivity contribution in [1.82, 2.24) is 10.6 Å². The average Bonchev–Trinajstić information content (AvgIpc) is 2.60. The van der Waals surface area contributed by atoms with Gasteiger partial charge in [0.25, 0.3) is 11.8 Å². The van der Waals surface area contributed by atoms with Crippen LogP contribution in [0.1, 0.15) is 28.4 Å². The number of rotatable bonds is 7. The van der Waals surface area contributed by atoms with E-state index in [9.17, 15) is 14.4 Å². The lowest BCUT2D eigenvalue weighted by molar-refractivity contribution is -0.136. The van der Waals surface area contributed by atoms with Crippen molar-refractivity contribution in [1.29, 1.82) is 0 Å². The molecule has 0 aliphatic heterocycles. The van der Waals surface area contributed by atoms with E-state index in [2.05, 4.69) is 10.6 Å². The third kappa shape index (κ3) is 5.35. The molecule has 2 amide bonds. The Kier molecular flexibility index (Phi) is 6.25. The van der Waals surface area contributed by atoms with Crippen LogP contribution in [0.5, 0.6) is 0 Å². The zero-order chi connectivity index (χ0) is 17.4. The molecule has 5 heteroatoms. The molecule has 0 saturated heterocycles. The molecule has 0 fully saturated rings. The largest absolute Gasteiger partial charge is 0.352 e. The van der Waals surface area contributed by atoms with Gasteiger partial charge in [0.05, 0.1) is 0 Å². The van der Waals surface area contributed by atoms with Gasteiger partial charge in [0.2, 0.25) is 5.78 Å². The third-order valence-corrected chi connectivity index (χ3v) is 3.53. The predicted molar refractivity (Wildman–Crippen MR) is 91.4 cm³/mol. The second-order valence-electron chi connectivity index (χ2n) is 5.43. The molecular formula is C19H20N2O3. The molecule has 0 aromatic heterocycles. The van der Waals surface area contributed by atoms with Crippen LogP contribution in [0.15, 0.2) is 54.6 Å². The topological polar surface area (TPSA) is 75.3 Å². The zero-order valence-electron chi connectivity index (χ0n) is 13.5. The lowest BCUT2D eigenvalue weighted by Crippen LogP contribution is -2.28. The summed E-state index contributed by atoms with van der Waals surface area (Å²) in [6, 6.07) is 16.9. The minimum Gasteiger partial charge on any atom is -0.352 e. The van der Waals surface area contributed by atoms with Crippen molar-refractivity contribution >= 4 is 17.6 Å². The molecule has 0 heterocycles. The zero-order valence-corrected chi connectivity index (χ0v) is 13.5. The summed E-state index contributed by atoms with van der Waals surface area (Å²) in [4.78, 5) is 34.1. The molecule has 2 aromatic rings. The fraction of sp³-hybridized carbons (Fsp3) is 0.211. The van der Waals surface area contributed by atoms with Crippen LogP contribution < -0.4 is 10.6 Å². The highest BCUT2D eigenvalue weighted by Gasteiger charge is 2.08. The maximum atomic E-state index is 12.1. The second kappa shape index (κ2) is 8.62. The number of hydrogen-bond donors (Lipinski definition) is 2. The molecule has 2 aromatic carbocycles. The summed E-state index contributed by atoms with van der Waals surface area (Å²) in [5.41, 5.74) is 2.56. The first-order valence-electron chi connectivity index (χ1n) is 7.76. The molecule has 24 heavy (non-hydrogen) atoms. The first kappa shape index (κ1) is 17.4. The lowest BCUT2D eigenvalue weighted by Gasteiger charge is -2.07. The summed E-state index contributed by atoms with van der Waals surface area (Å²) in [7, 11) is 0. The van der Waals surface area contributed by atoms with Crippen molar-refractivity contribution in [3.63, 3.8) is 0 Å². The van der Waals surface area contributed by atoms with Crippen LogP contribution in [0.3, 0.4) is 0 Å². The Morgan fingerprint density at radius 1 is 0.833 bits per heavy atom. The lowest BCUT2D eigenvalue weighted by atomic mass is 10.1. The number of benzene rings is 2. The molecule has 5 nitrogen and oxygen atoms in total. The van der Waals surface area contributed by atoms with Crippen molar-refractivity contribution in [3.8, 4) is 0 Å². The quantitative estimate of drug-likeness (QED) is 0.764. The SMILES string of the molecule is CC(=O)C(=O)NCc1ccc(C(=O)NCCc2ccccc2)cc1. The fourth-order valence-electron chi connectivity index (χ4n) is 2.15. The van der Waals surface area contributed by atoms with Gasteiger partial charge in [-0.2, -0.15) is 0 Å². The highest BCUT2D eigenvalue weighted by Crippen LogP contribution is 2.05. The van der Waals surface area contributed by atoms with Crippen molar-refractivity contribution in [2.24, 2.45) is 0 Å². The normalized spacial score (nSPS) is 10.0. The Balaban J connectivity index is 1.80. The van der Waals surface area contributed by atoms with Crippen LogP contribution in [-0.4, -0.2) is 24.1 Å². The van der Waals surface area contributed by atoms with Crippen LogP contribution in [0.25, 0.3) is 0 Å². The van der Waals surface area contributed by atoms with E-state index in [-0.39, 0.29) is 12.5 Å². The van der Waals surface area contributed by atoms with E-state index in [1.165, 1.54) is 12.5 Å². The van der Waals surface area contributed by atoms with E-state index in [0.29, 0.717) is 12.1 Å². The van der Waals surface area contributed by atoms with Gasteiger partial charge in [-0.1, -0.05) is 42.5 Å². The molecule has 0 radical (unpaired) electrons. The minimum absolute atomic E-state index is 0.134. The molecule has 0 bridgehead atoms. The highest BCUT2D eigenvalue weighted by molar-refractivity contribution is 6.35. The Morgan fingerprint density at radius 2 is 1.50 bits per heavy atom. The molecule has 124 valence electrons. The van der Waals surface area contributed by atoms with E-state index in [0.717, 1.165) is 12.0 Å². The number of Topliss-reactive ketones (excluding diaryl/α,β-unsaturated/α-hetero) is 1. The number of amides is 2. The molecule has 2 rings (SSSR count). The summed E-state index contributed by atoms with van der Waals surface area (Å²) >= 11 is 0. The van der Waals surface area contributed by atoms with Crippen LogP contribution in [0.2, 0.25) is 0 Å². The van der Waals surface area contributed by atoms with Gasteiger partial charge in [-0.05, 0) is 29.7 Å². The number of ketones is 1. The number of carbonyl (C=O) groups excluding carboxylic acids is 3. The van der Waals surface area contributed by atoms with Crippen molar-refractivity contribution in [3.05, 3.63) is 71.3 Å². The number of hydrogen-bond acceptors (Lipinski definition) is 3. The van der Waals surface area contributed by atoms with Crippen LogP contribution in [0.4, 0.5) is 0 Å². The highest BCUT2D eigenvalue weighted by atomic mass is 16.2. The second-order valence-corrected chi connectivity index (χ2v) is 5.43. The number of carbonyl (C=O) groups is 3. The Hall–Kier alpha value is -2.95. The molecular weight excluding hydrogens is 304 g/mol. The molecule has 0 atom stereocenters. The maximum absolute atomic E-state index is 12.1. The van der Waals surface area contributed by atoms with E-state index in [1.807, 2.05) is 30.3 Å². The third-order valence-electron chi connectivity index (χ3n) is 3.53. The standard InChI is InChI=1S/C19H20N2O3/c1-14(22)18(23)21-13-16-7-9-17(10-8-16)19(24)20-12-11-15-5-3-2-4-6-15/h2-10H,11-13H2,1H3,(H,20,24)(H,21,23). The summed E-state index contributed by atoms with van der Waals surface area (Å²) in [6.45, 7) is 2.05. The van der Waals surface area contributed by atoms with Gasteiger partial charge in [0, 0.05) is 25.6 Å². The Labute approximate surface area is 141 Å². The van der Waals surface area contributed by atoms with Gasteiger partial charge in [0.1, 0.15) is 0 Å². The van der Waals surface area contributed by atoms with Gasteiger partial charge in [0.15, 0.2) is 0 Å². The summed E-state index contributed by atoms with van der Waals surface area (Å²) < 4.78 is 0. The van der Waals surface area contributed by atoms with Crippen LogP contribution in [0, 0.1) is 0 Å². The fourth-order valence-corrected chi connectivity index (χ4v) is 2.15. The Bertz CT molecular complexity index is 709. The van der Waals surface area contributed by atoms with Gasteiger partial charge >= 0.3 is 0 Å². The van der Waals surface area contributed by atoms with E-state index in [1.54, 1.807) is 24.3 Å². The minimum atomic E-state index is -0.613. The molecule has 0 aliphatic carbocycles. The predicted octanol–water partition coefficient (Wildman–Crippen LogP) is 1.86. The van der Waals surface area contributed by atoms with Crippen LogP contribution in [-0.2, 0) is 22.6 Å². The Morgan fingerprint density at radius 3 is 2.12 bits per heavy atom.